The summed E-state index contributed by atoms with van der Waals surface area (Å²) in [6, 6.07) is 1.62. The second-order valence-corrected chi connectivity index (χ2v) is 3.90. The molecule has 18 heavy (non-hydrogen) atoms. The minimum Gasteiger partial charge on any atom is -0.478 e. The first-order valence-corrected chi connectivity index (χ1v) is 4.95. The molecular weight excluding hydrogens is 244 g/mol. The Morgan fingerprint density at radius 3 is 2.11 bits per heavy atom. The molecule has 1 aromatic rings. The number of benzene rings is 1. The standard InChI is InChI=1S/C10H10N2O6/c1-5(2)9-7(10(13)14)3-6(11(15)16)4-8(9)12(17)18/h3-5H,1-2H3,(H,13,14). The number of aromatic carboxylic acids is 1. The van der Waals surface area contributed by atoms with Gasteiger partial charge in [-0.1, -0.05) is 13.8 Å². The summed E-state index contributed by atoms with van der Waals surface area (Å²) in [5.41, 5.74) is -1.58. The molecule has 0 aliphatic heterocycles. The van der Waals surface area contributed by atoms with Gasteiger partial charge in [-0.25, -0.2) is 4.79 Å². The number of nitrogens with zero attached hydrogens (tertiary/aromatic N) is 2. The van der Waals surface area contributed by atoms with Gasteiger partial charge in [-0.2, -0.15) is 0 Å². The van der Waals surface area contributed by atoms with Gasteiger partial charge in [0.05, 0.1) is 21.5 Å². The zero-order valence-electron chi connectivity index (χ0n) is 9.61. The van der Waals surface area contributed by atoms with Gasteiger partial charge in [0.1, 0.15) is 0 Å². The van der Waals surface area contributed by atoms with Crippen molar-refractivity contribution in [3.8, 4) is 0 Å². The Hall–Kier alpha value is -2.51. The number of non-ortho nitro benzene ring substituents is 1. The van der Waals surface area contributed by atoms with E-state index in [9.17, 15) is 25.0 Å². The van der Waals surface area contributed by atoms with E-state index in [1.807, 2.05) is 0 Å². The molecule has 0 aliphatic rings. The number of nitro groups is 2. The third kappa shape index (κ3) is 2.42. The highest BCUT2D eigenvalue weighted by atomic mass is 16.6. The Morgan fingerprint density at radius 2 is 1.78 bits per heavy atom. The van der Waals surface area contributed by atoms with Gasteiger partial charge in [0.15, 0.2) is 0 Å². The Kier molecular flexibility index (Phi) is 3.60. The summed E-state index contributed by atoms with van der Waals surface area (Å²) < 4.78 is 0. The molecule has 1 aromatic carbocycles. The van der Waals surface area contributed by atoms with Crippen LogP contribution < -0.4 is 0 Å². The molecular formula is C10H10N2O6. The summed E-state index contributed by atoms with van der Waals surface area (Å²) in [5.74, 6) is -1.86. The van der Waals surface area contributed by atoms with Crippen LogP contribution in [-0.2, 0) is 0 Å². The van der Waals surface area contributed by atoms with Crippen molar-refractivity contribution in [1.82, 2.24) is 0 Å². The van der Waals surface area contributed by atoms with Gasteiger partial charge >= 0.3 is 5.97 Å². The van der Waals surface area contributed by atoms with Crippen LogP contribution in [0.1, 0.15) is 35.7 Å². The molecule has 0 fully saturated rings. The highest BCUT2D eigenvalue weighted by Crippen LogP contribution is 2.33. The number of carboxylic acids is 1. The van der Waals surface area contributed by atoms with E-state index >= 15 is 0 Å². The number of rotatable bonds is 4. The summed E-state index contributed by atoms with van der Waals surface area (Å²) in [7, 11) is 0. The van der Waals surface area contributed by atoms with Gasteiger partial charge in [-0.3, -0.25) is 20.2 Å². The van der Waals surface area contributed by atoms with Crippen molar-refractivity contribution in [2.45, 2.75) is 19.8 Å². The van der Waals surface area contributed by atoms with Crippen LogP contribution in [0.3, 0.4) is 0 Å². The zero-order chi connectivity index (χ0) is 14.0. The molecule has 1 rings (SSSR count). The first-order valence-electron chi connectivity index (χ1n) is 4.95. The van der Waals surface area contributed by atoms with Gasteiger partial charge in [0.25, 0.3) is 11.4 Å². The van der Waals surface area contributed by atoms with E-state index in [1.54, 1.807) is 13.8 Å². The third-order valence-corrected chi connectivity index (χ3v) is 2.36. The molecule has 0 amide bonds. The van der Waals surface area contributed by atoms with Crippen molar-refractivity contribution in [3.63, 3.8) is 0 Å². The molecule has 0 saturated heterocycles. The fourth-order valence-corrected chi connectivity index (χ4v) is 1.66. The van der Waals surface area contributed by atoms with E-state index < -0.39 is 38.7 Å². The van der Waals surface area contributed by atoms with Crippen molar-refractivity contribution in [2.75, 3.05) is 0 Å². The number of carboxylic acid groups (broad SMARTS) is 1. The maximum absolute atomic E-state index is 11.0. The lowest BCUT2D eigenvalue weighted by molar-refractivity contribution is -0.394. The van der Waals surface area contributed by atoms with E-state index in [0.29, 0.717) is 0 Å². The maximum Gasteiger partial charge on any atom is 0.336 e. The Balaban J connectivity index is 3.71. The first-order chi connectivity index (χ1) is 8.25. The monoisotopic (exact) mass is 254 g/mol. The van der Waals surface area contributed by atoms with Crippen molar-refractivity contribution < 1.29 is 19.7 Å². The van der Waals surface area contributed by atoms with Crippen molar-refractivity contribution in [3.05, 3.63) is 43.5 Å². The largest absolute Gasteiger partial charge is 0.478 e. The van der Waals surface area contributed by atoms with Gasteiger partial charge in [0, 0.05) is 11.6 Å². The summed E-state index contributed by atoms with van der Waals surface area (Å²) >= 11 is 0. The van der Waals surface area contributed by atoms with Crippen LogP contribution in [0.15, 0.2) is 12.1 Å². The second-order valence-electron chi connectivity index (χ2n) is 3.90. The van der Waals surface area contributed by atoms with Crippen LogP contribution in [0.25, 0.3) is 0 Å². The van der Waals surface area contributed by atoms with E-state index in [2.05, 4.69) is 0 Å². The topological polar surface area (TPSA) is 124 Å². The maximum atomic E-state index is 11.0. The van der Waals surface area contributed by atoms with Crippen LogP contribution in [0, 0.1) is 20.2 Å². The van der Waals surface area contributed by atoms with Gasteiger partial charge < -0.3 is 5.11 Å². The SMILES string of the molecule is CC(C)c1c(C(=O)O)cc([N+](=O)[O-])cc1[N+](=O)[O-]. The van der Waals surface area contributed by atoms with Crippen LogP contribution in [0.2, 0.25) is 0 Å². The highest BCUT2D eigenvalue weighted by molar-refractivity contribution is 5.92. The molecule has 0 aliphatic carbocycles. The minimum absolute atomic E-state index is 0.0156. The average molecular weight is 254 g/mol. The molecule has 0 unspecified atom stereocenters. The van der Waals surface area contributed by atoms with Gasteiger partial charge in [-0.15, -0.1) is 0 Å². The van der Waals surface area contributed by atoms with E-state index in [1.165, 1.54) is 0 Å². The summed E-state index contributed by atoms with van der Waals surface area (Å²) in [5, 5.41) is 30.5. The number of hydrogen-bond donors (Lipinski definition) is 1. The fraction of sp³-hybridized carbons (Fsp3) is 0.300. The molecule has 0 aromatic heterocycles. The predicted octanol–water partition coefficient (Wildman–Crippen LogP) is 2.32. The zero-order valence-corrected chi connectivity index (χ0v) is 9.61. The van der Waals surface area contributed by atoms with Crippen LogP contribution in [-0.4, -0.2) is 20.9 Å². The molecule has 1 N–H and O–H groups in total. The molecule has 0 atom stereocenters. The molecule has 0 spiro atoms. The Bertz CT molecular complexity index is 502. The number of hydrogen-bond acceptors (Lipinski definition) is 5. The van der Waals surface area contributed by atoms with Crippen LogP contribution >= 0.6 is 0 Å². The molecule has 0 saturated carbocycles. The van der Waals surface area contributed by atoms with Crippen molar-refractivity contribution in [1.29, 1.82) is 0 Å². The second kappa shape index (κ2) is 4.78. The molecule has 0 radical (unpaired) electrons. The lowest BCUT2D eigenvalue weighted by Crippen LogP contribution is -2.08. The lowest BCUT2D eigenvalue weighted by Gasteiger charge is -2.10. The first kappa shape index (κ1) is 13.6. The summed E-state index contributed by atoms with van der Waals surface area (Å²) in [4.78, 5) is 30.8. The smallest absolute Gasteiger partial charge is 0.336 e. The normalized spacial score (nSPS) is 10.4. The molecule has 0 heterocycles. The van der Waals surface area contributed by atoms with Gasteiger partial charge in [0.2, 0.25) is 0 Å². The van der Waals surface area contributed by atoms with Gasteiger partial charge in [-0.05, 0) is 5.92 Å². The Labute approximate surface area is 101 Å². The fourth-order valence-electron chi connectivity index (χ4n) is 1.66. The molecule has 0 bridgehead atoms. The minimum atomic E-state index is -1.43. The number of carbonyl (C=O) groups is 1. The van der Waals surface area contributed by atoms with E-state index in [0.717, 1.165) is 12.1 Å². The lowest BCUT2D eigenvalue weighted by atomic mass is 9.94. The molecule has 96 valence electrons. The molecule has 8 heteroatoms. The summed E-state index contributed by atoms with van der Waals surface area (Å²) in [6.45, 7) is 3.17. The van der Waals surface area contributed by atoms with Crippen LogP contribution in [0.5, 0.6) is 0 Å². The van der Waals surface area contributed by atoms with E-state index in [-0.39, 0.29) is 5.56 Å². The number of nitro benzene ring substituents is 2. The van der Waals surface area contributed by atoms with Crippen LogP contribution in [0.4, 0.5) is 11.4 Å². The predicted molar refractivity (Wildman–Crippen MR) is 60.8 cm³/mol. The Morgan fingerprint density at radius 1 is 1.22 bits per heavy atom. The summed E-state index contributed by atoms with van der Waals surface area (Å²) in [6.07, 6.45) is 0. The quantitative estimate of drug-likeness (QED) is 0.649. The third-order valence-electron chi connectivity index (χ3n) is 2.36. The molecule has 8 nitrogen and oxygen atoms in total. The average Bonchev–Trinajstić information content (AvgIpc) is 2.26. The highest BCUT2D eigenvalue weighted by Gasteiger charge is 2.28. The van der Waals surface area contributed by atoms with Crippen molar-refractivity contribution in [2.24, 2.45) is 0 Å². The van der Waals surface area contributed by atoms with E-state index in [4.69, 9.17) is 5.11 Å². The van der Waals surface area contributed by atoms with Crippen molar-refractivity contribution >= 4 is 17.3 Å².